The van der Waals surface area contributed by atoms with Crippen LogP contribution in [0.25, 0.3) is 0 Å². The van der Waals surface area contributed by atoms with E-state index in [4.69, 9.17) is 4.74 Å². The van der Waals surface area contributed by atoms with E-state index in [1.165, 1.54) is 31.4 Å². The summed E-state index contributed by atoms with van der Waals surface area (Å²) < 4.78 is 33.3. The van der Waals surface area contributed by atoms with Gasteiger partial charge in [-0.1, -0.05) is 50.3 Å². The molecule has 3 rings (SSSR count). The maximum Gasteiger partial charge on any atom is 0.261 e. The van der Waals surface area contributed by atoms with Gasteiger partial charge in [-0.25, -0.2) is 8.42 Å². The summed E-state index contributed by atoms with van der Waals surface area (Å²) in [6, 6.07) is 13.5. The fraction of sp³-hybridized carbons (Fsp3) is 0.435. The number of carbonyl (C=O) groups excluding carboxylic acids is 1. The molecule has 0 bridgehead atoms. The van der Waals surface area contributed by atoms with Gasteiger partial charge in [0.2, 0.25) is 0 Å². The van der Waals surface area contributed by atoms with E-state index in [2.05, 4.69) is 10.0 Å². The molecular formula is C23H30N2O4S. The van der Waals surface area contributed by atoms with Crippen LogP contribution in [0.5, 0.6) is 5.75 Å². The maximum atomic E-state index is 12.6. The number of hydrogen-bond donors (Lipinski definition) is 2. The summed E-state index contributed by atoms with van der Waals surface area (Å²) in [4.78, 5) is 12.3. The molecule has 0 heterocycles. The molecule has 1 aliphatic rings. The van der Waals surface area contributed by atoms with E-state index < -0.39 is 10.0 Å². The summed E-state index contributed by atoms with van der Waals surface area (Å²) in [5, 5.41) is 3.06. The molecule has 2 aromatic rings. The van der Waals surface area contributed by atoms with Crippen LogP contribution in [0.1, 0.15) is 50.5 Å². The summed E-state index contributed by atoms with van der Waals surface area (Å²) in [5.41, 5.74) is 1.39. The molecule has 6 nitrogen and oxygen atoms in total. The van der Waals surface area contributed by atoms with Crippen LogP contribution in [0.4, 0.5) is 5.69 Å². The highest BCUT2D eigenvalue weighted by Gasteiger charge is 2.16. The number of aryl methyl sites for hydroxylation is 1. The average Bonchev–Trinajstić information content (AvgIpc) is 2.70. The van der Waals surface area contributed by atoms with Crippen molar-refractivity contribution < 1.29 is 17.9 Å². The Hall–Kier alpha value is -2.54. The van der Waals surface area contributed by atoms with Crippen molar-refractivity contribution in [1.29, 1.82) is 0 Å². The van der Waals surface area contributed by atoms with Gasteiger partial charge in [0, 0.05) is 6.04 Å². The molecule has 0 saturated heterocycles. The van der Waals surface area contributed by atoms with Crippen molar-refractivity contribution in [2.45, 2.75) is 62.8 Å². The molecule has 2 N–H and O–H groups in total. The molecule has 1 fully saturated rings. The predicted molar refractivity (Wildman–Crippen MR) is 118 cm³/mol. The van der Waals surface area contributed by atoms with E-state index >= 15 is 0 Å². The van der Waals surface area contributed by atoms with Crippen LogP contribution in [-0.2, 0) is 14.8 Å². The van der Waals surface area contributed by atoms with Gasteiger partial charge in [0.1, 0.15) is 5.75 Å². The number of hydrogen-bond acceptors (Lipinski definition) is 4. The molecule has 30 heavy (non-hydrogen) atoms. The lowest BCUT2D eigenvalue weighted by Crippen LogP contribution is -2.38. The number of rotatable bonds is 7. The molecule has 0 aliphatic heterocycles. The van der Waals surface area contributed by atoms with E-state index in [0.717, 1.165) is 31.2 Å². The lowest BCUT2D eigenvalue weighted by molar-refractivity contribution is -0.123. The van der Waals surface area contributed by atoms with Gasteiger partial charge < -0.3 is 10.1 Å². The first-order valence-electron chi connectivity index (χ1n) is 10.5. The molecule has 0 unspecified atom stereocenters. The predicted octanol–water partition coefficient (Wildman–Crippen LogP) is 4.40. The number of benzene rings is 2. The Morgan fingerprint density at radius 2 is 1.60 bits per heavy atom. The minimum Gasteiger partial charge on any atom is -0.484 e. The zero-order valence-corrected chi connectivity index (χ0v) is 18.2. The summed E-state index contributed by atoms with van der Waals surface area (Å²) in [7, 11) is -3.69. The molecule has 0 aromatic heterocycles. The number of sulfonamides is 1. The quantitative estimate of drug-likeness (QED) is 0.682. The number of carbonyl (C=O) groups is 1. The maximum absolute atomic E-state index is 12.6. The number of para-hydroxylation sites is 1. The third kappa shape index (κ3) is 6.49. The highest BCUT2D eigenvalue weighted by atomic mass is 32.2. The zero-order valence-electron chi connectivity index (χ0n) is 17.4. The van der Waals surface area contributed by atoms with Crippen molar-refractivity contribution >= 4 is 21.6 Å². The molecule has 0 radical (unpaired) electrons. The highest BCUT2D eigenvalue weighted by Crippen LogP contribution is 2.21. The van der Waals surface area contributed by atoms with Crippen molar-refractivity contribution in [2.24, 2.45) is 0 Å². The summed E-state index contributed by atoms with van der Waals surface area (Å²) in [6.07, 6.45) is 8.10. The number of ether oxygens (including phenoxy) is 1. The topological polar surface area (TPSA) is 84.5 Å². The summed E-state index contributed by atoms with van der Waals surface area (Å²) >= 11 is 0. The van der Waals surface area contributed by atoms with Crippen molar-refractivity contribution in [3.8, 4) is 5.75 Å². The van der Waals surface area contributed by atoms with Crippen molar-refractivity contribution in [1.82, 2.24) is 5.32 Å². The molecule has 1 saturated carbocycles. The monoisotopic (exact) mass is 430 g/mol. The van der Waals surface area contributed by atoms with Crippen LogP contribution >= 0.6 is 0 Å². The van der Waals surface area contributed by atoms with E-state index in [1.54, 1.807) is 24.3 Å². The van der Waals surface area contributed by atoms with Crippen molar-refractivity contribution in [3.63, 3.8) is 0 Å². The van der Waals surface area contributed by atoms with Crippen molar-refractivity contribution in [3.05, 3.63) is 54.1 Å². The van der Waals surface area contributed by atoms with Crippen LogP contribution in [-0.4, -0.2) is 27.0 Å². The molecule has 1 amide bonds. The first kappa shape index (κ1) is 22.2. The standard InChI is InChI=1S/C23H30N2O4S/c1-18-9-7-8-12-22(18)25-30(27,28)21-15-13-20(14-16-21)29-17-23(26)24-19-10-5-3-2-4-6-11-19/h7-9,12-16,19,25H,2-6,10-11,17H2,1H3,(H,24,26). The smallest absolute Gasteiger partial charge is 0.261 e. The Labute approximate surface area is 179 Å². The number of nitrogens with one attached hydrogen (secondary N) is 2. The fourth-order valence-electron chi connectivity index (χ4n) is 3.62. The van der Waals surface area contributed by atoms with Crippen LogP contribution in [0.3, 0.4) is 0 Å². The first-order chi connectivity index (χ1) is 14.4. The summed E-state index contributed by atoms with van der Waals surface area (Å²) in [5.74, 6) is 0.316. The second kappa shape index (κ2) is 10.5. The van der Waals surface area contributed by atoms with E-state index in [1.807, 2.05) is 19.1 Å². The van der Waals surface area contributed by atoms with Gasteiger partial charge in [0.25, 0.3) is 15.9 Å². The van der Waals surface area contributed by atoms with Crippen molar-refractivity contribution in [2.75, 3.05) is 11.3 Å². The molecule has 7 heteroatoms. The highest BCUT2D eigenvalue weighted by molar-refractivity contribution is 7.92. The normalized spacial score (nSPS) is 15.6. The fourth-order valence-corrected chi connectivity index (χ4v) is 4.76. The zero-order chi connectivity index (χ0) is 21.4. The second-order valence-electron chi connectivity index (χ2n) is 7.79. The van der Waals surface area contributed by atoms with Crippen LogP contribution in [0.2, 0.25) is 0 Å². The Morgan fingerprint density at radius 1 is 0.967 bits per heavy atom. The van der Waals surface area contributed by atoms with Gasteiger partial charge >= 0.3 is 0 Å². The van der Waals surface area contributed by atoms with Gasteiger partial charge in [-0.05, 0) is 55.7 Å². The molecule has 162 valence electrons. The second-order valence-corrected chi connectivity index (χ2v) is 9.47. The van der Waals surface area contributed by atoms with Gasteiger partial charge in [-0.3, -0.25) is 9.52 Å². The van der Waals surface area contributed by atoms with Crippen LogP contribution < -0.4 is 14.8 Å². The summed E-state index contributed by atoms with van der Waals surface area (Å²) in [6.45, 7) is 1.76. The minimum absolute atomic E-state index is 0.0793. The first-order valence-corrected chi connectivity index (χ1v) is 12.0. The Bertz CT molecular complexity index is 934. The van der Waals surface area contributed by atoms with E-state index in [0.29, 0.717) is 11.4 Å². The van der Waals surface area contributed by atoms with Gasteiger partial charge in [0.15, 0.2) is 6.61 Å². The molecule has 2 aromatic carbocycles. The van der Waals surface area contributed by atoms with Gasteiger partial charge in [-0.2, -0.15) is 0 Å². The van der Waals surface area contributed by atoms with Crippen LogP contribution in [0, 0.1) is 6.92 Å². The van der Waals surface area contributed by atoms with Gasteiger partial charge in [0.05, 0.1) is 10.6 Å². The lowest BCUT2D eigenvalue weighted by atomic mass is 9.97. The molecule has 1 aliphatic carbocycles. The van der Waals surface area contributed by atoms with Crippen LogP contribution in [0.15, 0.2) is 53.4 Å². The SMILES string of the molecule is Cc1ccccc1NS(=O)(=O)c1ccc(OCC(=O)NC2CCCCCCC2)cc1. The number of amides is 1. The molecule has 0 atom stereocenters. The average molecular weight is 431 g/mol. The lowest BCUT2D eigenvalue weighted by Gasteiger charge is -2.21. The third-order valence-corrected chi connectivity index (χ3v) is 6.75. The van der Waals surface area contributed by atoms with Gasteiger partial charge in [-0.15, -0.1) is 0 Å². The van der Waals surface area contributed by atoms with E-state index in [-0.39, 0.29) is 23.5 Å². The molecular weight excluding hydrogens is 400 g/mol. The Balaban J connectivity index is 1.52. The third-order valence-electron chi connectivity index (χ3n) is 5.36. The minimum atomic E-state index is -3.69. The largest absolute Gasteiger partial charge is 0.484 e. The Morgan fingerprint density at radius 3 is 2.27 bits per heavy atom. The molecule has 0 spiro atoms. The number of anilines is 1. The van der Waals surface area contributed by atoms with E-state index in [9.17, 15) is 13.2 Å². The Kier molecular flexibility index (Phi) is 7.74.